The van der Waals surface area contributed by atoms with Crippen LogP contribution in [0.3, 0.4) is 0 Å². The molecule has 0 amide bonds. The van der Waals surface area contributed by atoms with Crippen molar-refractivity contribution in [2.75, 3.05) is 13.2 Å². The first kappa shape index (κ1) is 13.1. The number of hydrogen-bond donors (Lipinski definition) is 1. The summed E-state index contributed by atoms with van der Waals surface area (Å²) in [7, 11) is 0. The SMILES string of the molecule is Cc1sc(C2OCCCC2CNC2CC2)cc1Br. The Labute approximate surface area is 121 Å². The minimum absolute atomic E-state index is 0.306. The molecule has 1 saturated heterocycles. The maximum atomic E-state index is 6.05. The normalized spacial score (nSPS) is 28.6. The van der Waals surface area contributed by atoms with E-state index in [1.165, 1.54) is 39.9 Å². The second-order valence-electron chi connectivity index (χ2n) is 5.43. The fourth-order valence-electron chi connectivity index (χ4n) is 2.59. The molecule has 3 rings (SSSR count). The van der Waals surface area contributed by atoms with Crippen LogP contribution in [0.5, 0.6) is 0 Å². The molecule has 0 bridgehead atoms. The van der Waals surface area contributed by atoms with Crippen LogP contribution in [0.1, 0.15) is 41.5 Å². The van der Waals surface area contributed by atoms with E-state index in [0.717, 1.165) is 19.2 Å². The summed E-state index contributed by atoms with van der Waals surface area (Å²) in [6.45, 7) is 4.20. The van der Waals surface area contributed by atoms with Crippen molar-refractivity contribution in [1.82, 2.24) is 5.32 Å². The Kier molecular flexibility index (Phi) is 4.09. The lowest BCUT2D eigenvalue weighted by Gasteiger charge is -2.31. The van der Waals surface area contributed by atoms with E-state index < -0.39 is 0 Å². The standard InChI is InChI=1S/C14H20BrNOS/c1-9-12(15)7-13(18-9)14-10(3-2-6-17-14)8-16-11-4-5-11/h7,10-11,14,16H,2-6,8H2,1H3. The van der Waals surface area contributed by atoms with Crippen LogP contribution in [0.25, 0.3) is 0 Å². The van der Waals surface area contributed by atoms with Crippen LogP contribution in [0.15, 0.2) is 10.5 Å². The minimum atomic E-state index is 0.306. The van der Waals surface area contributed by atoms with Crippen LogP contribution >= 0.6 is 27.3 Å². The number of nitrogens with one attached hydrogen (secondary N) is 1. The summed E-state index contributed by atoms with van der Waals surface area (Å²) in [5, 5.41) is 3.66. The van der Waals surface area contributed by atoms with Crippen molar-refractivity contribution in [2.45, 2.75) is 44.8 Å². The smallest absolute Gasteiger partial charge is 0.0957 e. The lowest BCUT2D eigenvalue weighted by atomic mass is 9.93. The summed E-state index contributed by atoms with van der Waals surface area (Å²) in [4.78, 5) is 2.75. The molecular weight excluding hydrogens is 310 g/mol. The highest BCUT2D eigenvalue weighted by atomic mass is 79.9. The molecule has 2 heterocycles. The molecule has 0 radical (unpaired) electrons. The molecule has 1 N–H and O–H groups in total. The average Bonchev–Trinajstić information content (AvgIpc) is 3.14. The quantitative estimate of drug-likeness (QED) is 0.900. The molecule has 1 saturated carbocycles. The van der Waals surface area contributed by atoms with E-state index in [4.69, 9.17) is 4.74 Å². The molecule has 2 nitrogen and oxygen atoms in total. The molecule has 0 aromatic carbocycles. The van der Waals surface area contributed by atoms with Gasteiger partial charge in [-0.1, -0.05) is 0 Å². The monoisotopic (exact) mass is 329 g/mol. The predicted octanol–water partition coefficient (Wildman–Crippen LogP) is 4.04. The molecule has 4 heteroatoms. The van der Waals surface area contributed by atoms with E-state index in [-0.39, 0.29) is 0 Å². The van der Waals surface area contributed by atoms with Gasteiger partial charge in [-0.25, -0.2) is 0 Å². The van der Waals surface area contributed by atoms with E-state index in [1.54, 1.807) is 0 Å². The van der Waals surface area contributed by atoms with Gasteiger partial charge in [0, 0.05) is 39.3 Å². The lowest BCUT2D eigenvalue weighted by molar-refractivity contribution is -0.0257. The Morgan fingerprint density at radius 1 is 1.44 bits per heavy atom. The van der Waals surface area contributed by atoms with E-state index in [2.05, 4.69) is 34.2 Å². The first-order valence-corrected chi connectivity index (χ1v) is 8.46. The van der Waals surface area contributed by atoms with Crippen LogP contribution in [0.4, 0.5) is 0 Å². The van der Waals surface area contributed by atoms with Crippen LogP contribution in [0, 0.1) is 12.8 Å². The summed E-state index contributed by atoms with van der Waals surface area (Å²) >= 11 is 5.49. The van der Waals surface area contributed by atoms with Gasteiger partial charge in [0.1, 0.15) is 0 Å². The van der Waals surface area contributed by atoms with Crippen LogP contribution in [0.2, 0.25) is 0 Å². The summed E-state index contributed by atoms with van der Waals surface area (Å²) in [6, 6.07) is 3.05. The van der Waals surface area contributed by atoms with Crippen LogP contribution in [-0.2, 0) is 4.74 Å². The number of halogens is 1. The molecule has 100 valence electrons. The number of ether oxygens (including phenoxy) is 1. The maximum Gasteiger partial charge on any atom is 0.0957 e. The average molecular weight is 330 g/mol. The third-order valence-corrected chi connectivity index (χ3v) is 6.05. The second-order valence-corrected chi connectivity index (χ2v) is 7.57. The van der Waals surface area contributed by atoms with E-state index >= 15 is 0 Å². The fourth-order valence-corrected chi connectivity index (χ4v) is 4.30. The Bertz CT molecular complexity index is 396. The van der Waals surface area contributed by atoms with Crippen molar-refractivity contribution in [2.24, 2.45) is 5.92 Å². The van der Waals surface area contributed by atoms with Gasteiger partial charge in [0.05, 0.1) is 6.10 Å². The topological polar surface area (TPSA) is 21.3 Å². The third-order valence-electron chi connectivity index (χ3n) is 3.85. The lowest BCUT2D eigenvalue weighted by Crippen LogP contribution is -2.32. The molecule has 1 aliphatic carbocycles. The Morgan fingerprint density at radius 2 is 2.28 bits per heavy atom. The number of hydrogen-bond acceptors (Lipinski definition) is 3. The number of thiophene rings is 1. The molecule has 2 unspecified atom stereocenters. The molecule has 1 aliphatic heterocycles. The van der Waals surface area contributed by atoms with Crippen molar-refractivity contribution < 1.29 is 4.74 Å². The highest BCUT2D eigenvalue weighted by Gasteiger charge is 2.30. The number of rotatable bonds is 4. The van der Waals surface area contributed by atoms with Gasteiger partial charge in [0.15, 0.2) is 0 Å². The molecule has 18 heavy (non-hydrogen) atoms. The zero-order valence-corrected chi connectivity index (χ0v) is 13.1. The van der Waals surface area contributed by atoms with Crippen molar-refractivity contribution in [3.63, 3.8) is 0 Å². The van der Waals surface area contributed by atoms with Crippen molar-refractivity contribution in [1.29, 1.82) is 0 Å². The van der Waals surface area contributed by atoms with E-state index in [9.17, 15) is 0 Å². The Morgan fingerprint density at radius 3 is 2.94 bits per heavy atom. The largest absolute Gasteiger partial charge is 0.372 e. The van der Waals surface area contributed by atoms with Gasteiger partial charge in [-0.3, -0.25) is 0 Å². The summed E-state index contributed by atoms with van der Waals surface area (Å²) in [6.07, 6.45) is 5.53. The minimum Gasteiger partial charge on any atom is -0.372 e. The Balaban J connectivity index is 1.69. The summed E-state index contributed by atoms with van der Waals surface area (Å²) in [5.41, 5.74) is 0. The predicted molar refractivity (Wildman–Crippen MR) is 79.2 cm³/mol. The summed E-state index contributed by atoms with van der Waals surface area (Å²) < 4.78 is 7.27. The highest BCUT2D eigenvalue weighted by molar-refractivity contribution is 9.10. The van der Waals surface area contributed by atoms with Gasteiger partial charge in [-0.2, -0.15) is 0 Å². The second kappa shape index (κ2) is 5.61. The van der Waals surface area contributed by atoms with Gasteiger partial charge in [-0.15, -0.1) is 11.3 Å². The zero-order chi connectivity index (χ0) is 12.5. The number of aryl methyl sites for hydroxylation is 1. The molecule has 1 aromatic heterocycles. The van der Waals surface area contributed by atoms with Crippen molar-refractivity contribution in [3.05, 3.63) is 20.3 Å². The van der Waals surface area contributed by atoms with E-state index in [1.807, 2.05) is 11.3 Å². The Hall–Kier alpha value is 0.100. The van der Waals surface area contributed by atoms with Gasteiger partial charge in [0.2, 0.25) is 0 Å². The van der Waals surface area contributed by atoms with Gasteiger partial charge in [0.25, 0.3) is 0 Å². The van der Waals surface area contributed by atoms with Crippen molar-refractivity contribution in [3.8, 4) is 0 Å². The molecule has 2 atom stereocenters. The van der Waals surface area contributed by atoms with Crippen LogP contribution < -0.4 is 5.32 Å². The first-order chi connectivity index (χ1) is 8.74. The first-order valence-electron chi connectivity index (χ1n) is 6.85. The molecule has 2 fully saturated rings. The molecule has 0 spiro atoms. The van der Waals surface area contributed by atoms with Crippen molar-refractivity contribution >= 4 is 27.3 Å². The van der Waals surface area contributed by atoms with Crippen LogP contribution in [-0.4, -0.2) is 19.2 Å². The molecule has 1 aromatic rings. The van der Waals surface area contributed by atoms with Gasteiger partial charge < -0.3 is 10.1 Å². The maximum absolute atomic E-state index is 6.05. The zero-order valence-electron chi connectivity index (χ0n) is 10.7. The fraction of sp³-hybridized carbons (Fsp3) is 0.714. The van der Waals surface area contributed by atoms with E-state index in [0.29, 0.717) is 12.0 Å². The summed E-state index contributed by atoms with van der Waals surface area (Å²) in [5.74, 6) is 0.643. The highest BCUT2D eigenvalue weighted by Crippen LogP contribution is 2.39. The third kappa shape index (κ3) is 2.98. The molecule has 2 aliphatic rings. The molecular formula is C14H20BrNOS. The van der Waals surface area contributed by atoms with Gasteiger partial charge >= 0.3 is 0 Å². The van der Waals surface area contributed by atoms with Gasteiger partial charge in [-0.05, 0) is 54.6 Å².